The Hall–Kier alpha value is 1.10. The summed E-state index contributed by atoms with van der Waals surface area (Å²) in [6, 6.07) is 0. The van der Waals surface area contributed by atoms with Gasteiger partial charge in [-0.3, -0.25) is 0 Å². The molecule has 0 aliphatic rings. The quantitative estimate of drug-likeness (QED) is 0.498. The van der Waals surface area contributed by atoms with Crippen LogP contribution in [0.1, 0.15) is 0 Å². The summed E-state index contributed by atoms with van der Waals surface area (Å²) in [6.45, 7) is 0. The standard InChI is InChI=1S/2Cr.Na.3H2O.5O.H/h;;;3*1H2;;;;;;/q2*+1;;;;;;;;;;/p-2. The fraction of sp³-hybridized carbons (Fsp3) is 0. The van der Waals surface area contributed by atoms with Gasteiger partial charge < -0.3 is 5.48 Å². The molecule has 0 bridgehead atoms. The van der Waals surface area contributed by atoms with Gasteiger partial charge in [0.2, 0.25) is 0 Å². The summed E-state index contributed by atoms with van der Waals surface area (Å²) >= 11 is -11.5. The molecule has 0 radical (unpaired) electrons. The zero-order valence-electron chi connectivity index (χ0n) is 4.25. The third-order valence-corrected chi connectivity index (χ3v) is 2.92. The Bertz CT molecular complexity index is 237. The van der Waals surface area contributed by atoms with E-state index in [9.17, 15) is 15.2 Å². The van der Waals surface area contributed by atoms with Crippen molar-refractivity contribution in [2.75, 3.05) is 0 Å². The fourth-order valence-corrected chi connectivity index (χ4v) is 1.85. The molecule has 0 aromatic heterocycles. The van der Waals surface area contributed by atoms with E-state index in [4.69, 9.17) is 8.32 Å². The van der Waals surface area contributed by atoms with Crippen molar-refractivity contribution in [1.82, 2.24) is 0 Å². The van der Waals surface area contributed by atoms with Gasteiger partial charge in [-0.25, -0.2) is 0 Å². The van der Waals surface area contributed by atoms with E-state index in [2.05, 4.69) is 2.84 Å². The zero-order valence-corrected chi connectivity index (χ0v) is 6.80. The van der Waals surface area contributed by atoms with E-state index in [0.29, 0.717) is 0 Å². The molecule has 0 aliphatic heterocycles. The third-order valence-electron chi connectivity index (χ3n) is 0.172. The Kier molecular flexibility index (Phi) is 9.33. The van der Waals surface area contributed by atoms with Crippen molar-refractivity contribution >= 4 is 29.6 Å². The zero-order chi connectivity index (χ0) is 7.71. The summed E-state index contributed by atoms with van der Waals surface area (Å²) in [7, 11) is 0. The Labute approximate surface area is 87.9 Å². The molecule has 8 nitrogen and oxygen atoms in total. The normalized spacial score (nSPS) is 11.1. The van der Waals surface area contributed by atoms with Crippen molar-refractivity contribution in [2.24, 2.45) is 0 Å². The topological polar surface area (TPSA) is 149 Å². The number of rotatable bonds is 2. The molecule has 66 valence electrons. The van der Waals surface area contributed by atoms with Crippen molar-refractivity contribution in [3.63, 3.8) is 0 Å². The molecule has 11 heteroatoms. The molecular formula is H5Cr2NaO8. The molecule has 0 unspecified atom stereocenters. The summed E-state index contributed by atoms with van der Waals surface area (Å²) in [6.07, 6.45) is 0. The van der Waals surface area contributed by atoms with Crippen LogP contribution in [0.5, 0.6) is 0 Å². The first-order valence-electron chi connectivity index (χ1n) is 1.37. The molecule has 11 heavy (non-hydrogen) atoms. The van der Waals surface area contributed by atoms with Crippen LogP contribution in [0.25, 0.3) is 0 Å². The summed E-state index contributed by atoms with van der Waals surface area (Å²) in [5.74, 6) is 0. The molecule has 0 atom stereocenters. The van der Waals surface area contributed by atoms with Gasteiger partial charge in [-0.2, -0.15) is 0 Å². The van der Waals surface area contributed by atoms with Crippen LogP contribution in [0, 0.1) is 0 Å². The Balaban J connectivity index is -0.000000320. The SMILES string of the molecule is O.[NaH].[O]=[Cr](=[O])([OH])[O][Cr](=[O])(=[O])[OH]. The summed E-state index contributed by atoms with van der Waals surface area (Å²) < 4.78 is 56.3. The van der Waals surface area contributed by atoms with Crippen LogP contribution >= 0.6 is 0 Å². The van der Waals surface area contributed by atoms with Crippen LogP contribution in [-0.2, 0) is 45.3 Å². The Morgan fingerprint density at radius 3 is 1.09 bits per heavy atom. The minimum atomic E-state index is -5.76. The Morgan fingerprint density at radius 2 is 1.09 bits per heavy atom. The van der Waals surface area contributed by atoms with Crippen LogP contribution in [0.2, 0.25) is 0 Å². The second kappa shape index (κ2) is 5.70. The fourth-order valence-electron chi connectivity index (χ4n) is 0.109. The first kappa shape index (κ1) is 18.0. The van der Waals surface area contributed by atoms with Gasteiger partial charge in [0, 0.05) is 0 Å². The molecule has 0 aliphatic carbocycles. The van der Waals surface area contributed by atoms with Gasteiger partial charge in [-0.1, -0.05) is 0 Å². The molecule has 0 amide bonds. The molecule has 0 rings (SSSR count). The molecule has 0 saturated heterocycles. The van der Waals surface area contributed by atoms with E-state index in [-0.39, 0.29) is 35.0 Å². The molecule has 4 N–H and O–H groups in total. The van der Waals surface area contributed by atoms with Crippen LogP contribution in [0.4, 0.5) is 0 Å². The first-order chi connectivity index (χ1) is 3.71. The van der Waals surface area contributed by atoms with Crippen molar-refractivity contribution < 1.29 is 59.1 Å². The van der Waals surface area contributed by atoms with Gasteiger partial charge in [0.1, 0.15) is 0 Å². The average Bonchev–Trinajstić information content (AvgIpc) is 1.14. The second-order valence-corrected chi connectivity index (χ2v) is 4.68. The van der Waals surface area contributed by atoms with Gasteiger partial charge in [0.15, 0.2) is 0 Å². The maximum atomic E-state index is 9.53. The summed E-state index contributed by atoms with van der Waals surface area (Å²) in [4.78, 5) is 0. The van der Waals surface area contributed by atoms with Crippen molar-refractivity contribution in [2.45, 2.75) is 0 Å². The van der Waals surface area contributed by atoms with E-state index in [1.54, 1.807) is 0 Å². The summed E-state index contributed by atoms with van der Waals surface area (Å²) in [5, 5.41) is 0. The van der Waals surface area contributed by atoms with Crippen LogP contribution in [-0.4, -0.2) is 43.3 Å². The molecule has 0 aromatic carbocycles. The van der Waals surface area contributed by atoms with E-state index < -0.39 is 27.2 Å². The predicted octanol–water partition coefficient (Wildman–Crippen LogP) is -3.14. The van der Waals surface area contributed by atoms with Gasteiger partial charge >= 0.3 is 83.2 Å². The number of hydrogen-bond donors (Lipinski definition) is 2. The van der Waals surface area contributed by atoms with Crippen LogP contribution in [0.15, 0.2) is 0 Å². The number of hydrogen-bond acceptors (Lipinski definition) is 5. The second-order valence-electron chi connectivity index (χ2n) is 0.924. The first-order valence-corrected chi connectivity index (χ1v) is 5.63. The van der Waals surface area contributed by atoms with Crippen molar-refractivity contribution in [1.29, 1.82) is 0 Å². The van der Waals surface area contributed by atoms with Crippen LogP contribution in [0.3, 0.4) is 0 Å². The average molecular weight is 260 g/mol. The van der Waals surface area contributed by atoms with Gasteiger partial charge in [0.05, 0.1) is 0 Å². The predicted molar refractivity (Wildman–Crippen MR) is 19.0 cm³/mol. The van der Waals surface area contributed by atoms with Gasteiger partial charge in [-0.05, 0) is 0 Å². The van der Waals surface area contributed by atoms with Crippen LogP contribution < -0.4 is 0 Å². The molecule has 0 spiro atoms. The van der Waals surface area contributed by atoms with E-state index >= 15 is 0 Å². The van der Waals surface area contributed by atoms with Crippen molar-refractivity contribution in [3.8, 4) is 0 Å². The van der Waals surface area contributed by atoms with Gasteiger partial charge in [-0.15, -0.1) is 0 Å². The van der Waals surface area contributed by atoms with Crippen molar-refractivity contribution in [3.05, 3.63) is 0 Å². The molecule has 0 fully saturated rings. The molecule has 0 saturated carbocycles. The van der Waals surface area contributed by atoms with Gasteiger partial charge in [0.25, 0.3) is 0 Å². The molecular weight excluding hydrogens is 255 g/mol. The molecule has 0 aromatic rings. The minimum absolute atomic E-state index is 0. The third kappa shape index (κ3) is 18.2. The Morgan fingerprint density at radius 1 is 0.909 bits per heavy atom. The van der Waals surface area contributed by atoms with E-state index in [1.165, 1.54) is 0 Å². The van der Waals surface area contributed by atoms with E-state index in [1.807, 2.05) is 0 Å². The van der Waals surface area contributed by atoms with E-state index in [0.717, 1.165) is 0 Å². The summed E-state index contributed by atoms with van der Waals surface area (Å²) in [5.41, 5.74) is 0. The maximum absolute atomic E-state index is 9.53. The monoisotopic (exact) mass is 260 g/mol. The molecule has 0 heterocycles.